The van der Waals surface area contributed by atoms with Crippen molar-refractivity contribution in [1.29, 1.82) is 0 Å². The van der Waals surface area contributed by atoms with E-state index < -0.39 is 4.92 Å². The van der Waals surface area contributed by atoms with Gasteiger partial charge in [0.2, 0.25) is 0 Å². The summed E-state index contributed by atoms with van der Waals surface area (Å²) in [6, 6.07) is 11.4. The Morgan fingerprint density at radius 2 is 1.92 bits per heavy atom. The highest BCUT2D eigenvalue weighted by atomic mass is 16.6. The lowest BCUT2D eigenvalue weighted by Gasteiger charge is -2.08. The molecule has 0 fully saturated rings. The Morgan fingerprint density at radius 3 is 2.64 bits per heavy atom. The van der Waals surface area contributed by atoms with Gasteiger partial charge in [-0.15, -0.1) is 0 Å². The third kappa shape index (κ3) is 6.09. The van der Waals surface area contributed by atoms with Crippen molar-refractivity contribution >= 4 is 11.6 Å². The van der Waals surface area contributed by atoms with Gasteiger partial charge < -0.3 is 14.6 Å². The average molecular weight is 345 g/mol. The van der Waals surface area contributed by atoms with Crippen LogP contribution in [-0.2, 0) is 11.3 Å². The molecule has 2 rings (SSSR count). The molecule has 0 aliphatic carbocycles. The maximum Gasteiger partial charge on any atom is 0.285 e. The Labute approximate surface area is 144 Å². The minimum Gasteiger partial charge on any atom is -0.484 e. The molecule has 1 heterocycles. The molecule has 0 saturated carbocycles. The number of pyridine rings is 1. The predicted molar refractivity (Wildman–Crippen MR) is 91.5 cm³/mol. The minimum absolute atomic E-state index is 0.0612. The lowest BCUT2D eigenvalue weighted by atomic mass is 10.3. The second kappa shape index (κ2) is 9.21. The van der Waals surface area contributed by atoms with Crippen LogP contribution in [0.15, 0.2) is 53.5 Å². The summed E-state index contributed by atoms with van der Waals surface area (Å²) in [5.41, 5.74) is -0.406. The van der Waals surface area contributed by atoms with E-state index in [9.17, 15) is 19.7 Å². The number of nitro groups is 1. The lowest BCUT2D eigenvalue weighted by Crippen LogP contribution is -2.30. The SMILES string of the molecule is O=C(COc1ccccc1)NCCCCn1cc([N+](=O)[O-])ccc1=O. The molecular formula is C17H19N3O5. The summed E-state index contributed by atoms with van der Waals surface area (Å²) < 4.78 is 6.63. The largest absolute Gasteiger partial charge is 0.484 e. The van der Waals surface area contributed by atoms with Crippen LogP contribution >= 0.6 is 0 Å². The Balaban J connectivity index is 1.66. The number of carbonyl (C=O) groups is 1. The van der Waals surface area contributed by atoms with Gasteiger partial charge >= 0.3 is 0 Å². The molecule has 0 bridgehead atoms. The first-order valence-electron chi connectivity index (χ1n) is 7.85. The van der Waals surface area contributed by atoms with E-state index in [4.69, 9.17) is 4.74 Å². The number of aryl methyl sites for hydroxylation is 1. The molecule has 0 aliphatic rings. The molecule has 1 aromatic heterocycles. The van der Waals surface area contributed by atoms with E-state index in [1.165, 1.54) is 22.9 Å². The minimum atomic E-state index is -0.539. The second-order valence-corrected chi connectivity index (χ2v) is 5.33. The van der Waals surface area contributed by atoms with Crippen molar-refractivity contribution in [2.45, 2.75) is 19.4 Å². The van der Waals surface area contributed by atoms with Crippen LogP contribution in [0.1, 0.15) is 12.8 Å². The fraction of sp³-hybridized carbons (Fsp3) is 0.294. The van der Waals surface area contributed by atoms with Gasteiger partial charge in [0, 0.05) is 25.2 Å². The first-order valence-corrected chi connectivity index (χ1v) is 7.85. The molecule has 1 aromatic carbocycles. The predicted octanol–water partition coefficient (Wildman–Crippen LogP) is 1.73. The van der Waals surface area contributed by atoms with Crippen LogP contribution in [0.25, 0.3) is 0 Å². The molecule has 8 nitrogen and oxygen atoms in total. The molecule has 0 spiro atoms. The highest BCUT2D eigenvalue weighted by Crippen LogP contribution is 2.08. The van der Waals surface area contributed by atoms with E-state index >= 15 is 0 Å². The summed E-state index contributed by atoms with van der Waals surface area (Å²) >= 11 is 0. The van der Waals surface area contributed by atoms with Gasteiger partial charge in [-0.25, -0.2) is 0 Å². The van der Waals surface area contributed by atoms with E-state index in [-0.39, 0.29) is 23.8 Å². The van der Waals surface area contributed by atoms with Gasteiger partial charge in [0.15, 0.2) is 6.61 Å². The third-order valence-electron chi connectivity index (χ3n) is 3.44. The third-order valence-corrected chi connectivity index (χ3v) is 3.44. The van der Waals surface area contributed by atoms with Crippen molar-refractivity contribution in [3.05, 3.63) is 69.1 Å². The first kappa shape index (κ1) is 18.2. The van der Waals surface area contributed by atoms with Gasteiger partial charge in [0.1, 0.15) is 5.75 Å². The molecule has 0 radical (unpaired) electrons. The van der Waals surface area contributed by atoms with E-state index in [2.05, 4.69) is 5.32 Å². The van der Waals surface area contributed by atoms with Crippen LogP contribution in [0.5, 0.6) is 5.75 Å². The zero-order chi connectivity index (χ0) is 18.1. The zero-order valence-corrected chi connectivity index (χ0v) is 13.6. The molecule has 132 valence electrons. The van der Waals surface area contributed by atoms with Crippen molar-refractivity contribution in [1.82, 2.24) is 9.88 Å². The maximum absolute atomic E-state index is 11.7. The summed E-state index contributed by atoms with van der Waals surface area (Å²) in [4.78, 5) is 33.5. The molecule has 2 aromatic rings. The number of rotatable bonds is 9. The molecule has 0 atom stereocenters. The van der Waals surface area contributed by atoms with Crippen molar-refractivity contribution in [2.75, 3.05) is 13.2 Å². The Hall–Kier alpha value is -3.16. The quantitative estimate of drug-likeness (QED) is 0.423. The van der Waals surface area contributed by atoms with Crippen molar-refractivity contribution < 1.29 is 14.5 Å². The standard InChI is InChI=1S/C17H19N3O5/c21-16(13-25-15-6-2-1-3-7-15)18-10-4-5-11-19-12-14(20(23)24)8-9-17(19)22/h1-3,6-9,12H,4-5,10-11,13H2,(H,18,21). The Bertz CT molecular complexity index is 773. The van der Waals surface area contributed by atoms with Crippen LogP contribution < -0.4 is 15.6 Å². The van der Waals surface area contributed by atoms with Gasteiger partial charge in [-0.05, 0) is 25.0 Å². The number of ether oxygens (including phenoxy) is 1. The van der Waals surface area contributed by atoms with Crippen LogP contribution in [0.3, 0.4) is 0 Å². The number of unbranched alkanes of at least 4 members (excludes halogenated alkanes) is 1. The number of para-hydroxylation sites is 1. The van der Waals surface area contributed by atoms with Gasteiger partial charge in [-0.2, -0.15) is 0 Å². The van der Waals surface area contributed by atoms with Gasteiger partial charge in [0.25, 0.3) is 17.2 Å². The van der Waals surface area contributed by atoms with E-state index in [0.29, 0.717) is 31.7 Å². The summed E-state index contributed by atoms with van der Waals surface area (Å²) in [6.45, 7) is 0.742. The molecule has 0 aliphatic heterocycles. The highest BCUT2D eigenvalue weighted by Gasteiger charge is 2.07. The molecule has 0 saturated heterocycles. The number of hydrogen-bond acceptors (Lipinski definition) is 5. The lowest BCUT2D eigenvalue weighted by molar-refractivity contribution is -0.385. The van der Waals surface area contributed by atoms with Gasteiger partial charge in [-0.3, -0.25) is 19.7 Å². The fourth-order valence-electron chi connectivity index (χ4n) is 2.15. The normalized spacial score (nSPS) is 10.2. The van der Waals surface area contributed by atoms with E-state index in [1.807, 2.05) is 18.2 Å². The Kier molecular flexibility index (Phi) is 6.70. The van der Waals surface area contributed by atoms with E-state index in [1.54, 1.807) is 12.1 Å². The van der Waals surface area contributed by atoms with Crippen molar-refractivity contribution in [3.8, 4) is 5.75 Å². The molecule has 1 amide bonds. The number of aromatic nitrogens is 1. The zero-order valence-electron chi connectivity index (χ0n) is 13.6. The van der Waals surface area contributed by atoms with Crippen LogP contribution in [0.2, 0.25) is 0 Å². The van der Waals surface area contributed by atoms with Gasteiger partial charge in [0.05, 0.1) is 11.1 Å². The van der Waals surface area contributed by atoms with Gasteiger partial charge in [-0.1, -0.05) is 18.2 Å². The highest BCUT2D eigenvalue weighted by molar-refractivity contribution is 5.77. The van der Waals surface area contributed by atoms with Crippen LogP contribution in [0, 0.1) is 10.1 Å². The van der Waals surface area contributed by atoms with Crippen LogP contribution in [-0.4, -0.2) is 28.5 Å². The topological polar surface area (TPSA) is 103 Å². The Morgan fingerprint density at radius 1 is 1.16 bits per heavy atom. The number of nitrogens with zero attached hydrogens (tertiary/aromatic N) is 2. The summed E-state index contributed by atoms with van der Waals surface area (Å²) in [7, 11) is 0. The number of hydrogen-bond donors (Lipinski definition) is 1. The summed E-state index contributed by atoms with van der Waals surface area (Å²) in [5.74, 6) is 0.402. The molecular weight excluding hydrogens is 326 g/mol. The average Bonchev–Trinajstić information content (AvgIpc) is 2.61. The van der Waals surface area contributed by atoms with Crippen LogP contribution in [0.4, 0.5) is 5.69 Å². The number of carbonyl (C=O) groups excluding carboxylic acids is 1. The van der Waals surface area contributed by atoms with Crippen molar-refractivity contribution in [2.24, 2.45) is 0 Å². The van der Waals surface area contributed by atoms with Crippen molar-refractivity contribution in [3.63, 3.8) is 0 Å². The number of nitrogens with one attached hydrogen (secondary N) is 1. The molecule has 8 heteroatoms. The molecule has 25 heavy (non-hydrogen) atoms. The fourth-order valence-corrected chi connectivity index (χ4v) is 2.15. The number of benzene rings is 1. The number of amides is 1. The second-order valence-electron chi connectivity index (χ2n) is 5.33. The smallest absolute Gasteiger partial charge is 0.285 e. The summed E-state index contributed by atoms with van der Waals surface area (Å²) in [5, 5.41) is 13.4. The first-order chi connectivity index (χ1) is 12.1. The molecule has 0 unspecified atom stereocenters. The van der Waals surface area contributed by atoms with E-state index in [0.717, 1.165) is 0 Å². The maximum atomic E-state index is 11.7. The molecule has 1 N–H and O–H groups in total. The summed E-state index contributed by atoms with van der Waals surface area (Å²) in [6.07, 6.45) is 2.49. The monoisotopic (exact) mass is 345 g/mol.